The number of nitrogens with one attached hydrogen (secondary N) is 1. The third-order valence-corrected chi connectivity index (χ3v) is 4.99. The van der Waals surface area contributed by atoms with Crippen LogP contribution < -0.4 is 14.8 Å². The van der Waals surface area contributed by atoms with E-state index in [1.54, 1.807) is 32.2 Å². The van der Waals surface area contributed by atoms with E-state index in [2.05, 4.69) is 5.32 Å². The van der Waals surface area contributed by atoms with Crippen molar-refractivity contribution in [2.45, 2.75) is 18.9 Å². The molecule has 6 heteroatoms. The highest BCUT2D eigenvalue weighted by molar-refractivity contribution is 5.94. The molecule has 1 heterocycles. The molecule has 0 bridgehead atoms. The molecule has 6 nitrogen and oxygen atoms in total. The van der Waals surface area contributed by atoms with Gasteiger partial charge in [0.15, 0.2) is 0 Å². The number of ether oxygens (including phenoxy) is 2. The summed E-state index contributed by atoms with van der Waals surface area (Å²) in [7, 11) is 4.94. The van der Waals surface area contributed by atoms with E-state index in [9.17, 15) is 9.59 Å². The van der Waals surface area contributed by atoms with Crippen LogP contribution in [0.3, 0.4) is 0 Å². The van der Waals surface area contributed by atoms with E-state index < -0.39 is 0 Å². The lowest BCUT2D eigenvalue weighted by Crippen LogP contribution is -2.44. The molecule has 2 unspecified atom stereocenters. The van der Waals surface area contributed by atoms with Gasteiger partial charge in [0, 0.05) is 25.2 Å². The molecule has 1 fully saturated rings. The van der Waals surface area contributed by atoms with Gasteiger partial charge in [-0.05, 0) is 36.2 Å². The summed E-state index contributed by atoms with van der Waals surface area (Å²) in [6.07, 6.45) is 0.870. The van der Waals surface area contributed by atoms with Gasteiger partial charge in [0.2, 0.25) is 11.8 Å². The van der Waals surface area contributed by atoms with Crippen LogP contribution in [-0.2, 0) is 9.59 Å². The lowest BCUT2D eigenvalue weighted by atomic mass is 9.84. The first kappa shape index (κ1) is 18.8. The lowest BCUT2D eigenvalue weighted by Gasteiger charge is -2.38. The molecule has 27 heavy (non-hydrogen) atoms. The maximum absolute atomic E-state index is 13.0. The van der Waals surface area contributed by atoms with Gasteiger partial charge in [0.05, 0.1) is 26.2 Å². The Morgan fingerprint density at radius 2 is 1.78 bits per heavy atom. The minimum absolute atomic E-state index is 0.0428. The zero-order chi connectivity index (χ0) is 19.4. The van der Waals surface area contributed by atoms with Gasteiger partial charge < -0.3 is 19.7 Å². The van der Waals surface area contributed by atoms with Crippen molar-refractivity contribution in [1.82, 2.24) is 4.90 Å². The van der Waals surface area contributed by atoms with E-state index in [1.807, 2.05) is 42.5 Å². The molecule has 1 aliphatic heterocycles. The Balaban J connectivity index is 1.85. The molecule has 2 amide bonds. The highest BCUT2D eigenvalue weighted by Gasteiger charge is 2.38. The second-order valence-corrected chi connectivity index (χ2v) is 6.59. The monoisotopic (exact) mass is 368 g/mol. The van der Waals surface area contributed by atoms with Crippen LogP contribution in [0.25, 0.3) is 0 Å². The number of rotatable bonds is 5. The van der Waals surface area contributed by atoms with Gasteiger partial charge in [0.25, 0.3) is 0 Å². The largest absolute Gasteiger partial charge is 0.497 e. The van der Waals surface area contributed by atoms with Crippen LogP contribution in [0.2, 0.25) is 0 Å². The van der Waals surface area contributed by atoms with E-state index in [0.717, 1.165) is 11.3 Å². The Kier molecular flexibility index (Phi) is 5.64. The number of carbonyl (C=O) groups excluding carboxylic acids is 2. The Morgan fingerprint density at radius 1 is 1.07 bits per heavy atom. The minimum Gasteiger partial charge on any atom is -0.497 e. The van der Waals surface area contributed by atoms with Crippen molar-refractivity contribution < 1.29 is 19.1 Å². The van der Waals surface area contributed by atoms with Crippen LogP contribution in [0, 0.1) is 5.92 Å². The second kappa shape index (κ2) is 8.12. The number of amides is 2. The molecule has 3 rings (SSSR count). The van der Waals surface area contributed by atoms with Crippen LogP contribution >= 0.6 is 0 Å². The van der Waals surface area contributed by atoms with Crippen molar-refractivity contribution in [3.05, 3.63) is 54.1 Å². The summed E-state index contributed by atoms with van der Waals surface area (Å²) in [5.74, 6) is 1.01. The third-order valence-electron chi connectivity index (χ3n) is 4.99. The van der Waals surface area contributed by atoms with Crippen molar-refractivity contribution in [3.8, 4) is 11.5 Å². The fraction of sp³-hybridized carbons (Fsp3) is 0.333. The number of anilines is 1. The van der Waals surface area contributed by atoms with Gasteiger partial charge in [-0.3, -0.25) is 9.59 Å². The average molecular weight is 368 g/mol. The first-order valence-corrected chi connectivity index (χ1v) is 8.88. The molecule has 142 valence electrons. The summed E-state index contributed by atoms with van der Waals surface area (Å²) in [5, 5.41) is 2.96. The summed E-state index contributed by atoms with van der Waals surface area (Å²) in [6, 6.07) is 14.4. The maximum Gasteiger partial charge on any atom is 0.229 e. The van der Waals surface area contributed by atoms with Gasteiger partial charge in [-0.15, -0.1) is 0 Å². The van der Waals surface area contributed by atoms with Gasteiger partial charge in [-0.1, -0.05) is 18.2 Å². The summed E-state index contributed by atoms with van der Waals surface area (Å²) in [4.78, 5) is 26.9. The molecule has 1 saturated heterocycles. The quantitative estimate of drug-likeness (QED) is 0.880. The standard InChI is InChI=1S/C21H24N2O4/c1-23-19(24)12-11-18(20(23)14-7-9-16(26-2)10-8-14)21(25)22-15-5-4-6-17(13-15)27-3/h4-10,13,18,20H,11-12H2,1-3H3,(H,22,25). The molecular formula is C21H24N2O4. The molecule has 1 aliphatic rings. The van der Waals surface area contributed by atoms with E-state index in [1.165, 1.54) is 0 Å². The van der Waals surface area contributed by atoms with E-state index in [0.29, 0.717) is 24.3 Å². The highest BCUT2D eigenvalue weighted by atomic mass is 16.5. The fourth-order valence-corrected chi connectivity index (χ4v) is 3.51. The van der Waals surface area contributed by atoms with E-state index in [-0.39, 0.29) is 23.8 Å². The SMILES string of the molecule is COc1ccc(C2C(C(=O)Nc3cccc(OC)c3)CCC(=O)N2C)cc1. The Bertz CT molecular complexity index is 819. The smallest absolute Gasteiger partial charge is 0.229 e. The number of methoxy groups -OCH3 is 2. The van der Waals surface area contributed by atoms with Crippen LogP contribution in [0.5, 0.6) is 11.5 Å². The van der Waals surface area contributed by atoms with Crippen molar-refractivity contribution >= 4 is 17.5 Å². The Hall–Kier alpha value is -3.02. The number of hydrogen-bond acceptors (Lipinski definition) is 4. The fourth-order valence-electron chi connectivity index (χ4n) is 3.51. The van der Waals surface area contributed by atoms with Crippen LogP contribution in [-0.4, -0.2) is 38.0 Å². The molecule has 0 aromatic heterocycles. The molecule has 1 N–H and O–H groups in total. The third kappa shape index (κ3) is 4.05. The molecule has 0 aliphatic carbocycles. The zero-order valence-corrected chi connectivity index (χ0v) is 15.8. The Labute approximate surface area is 159 Å². The number of nitrogens with zero attached hydrogens (tertiary/aromatic N) is 1. The van der Waals surface area contributed by atoms with Crippen molar-refractivity contribution in [1.29, 1.82) is 0 Å². The van der Waals surface area contributed by atoms with Gasteiger partial charge in [-0.2, -0.15) is 0 Å². The molecule has 0 radical (unpaired) electrons. The summed E-state index contributed by atoms with van der Waals surface area (Å²) in [6.45, 7) is 0. The molecule has 0 saturated carbocycles. The van der Waals surface area contributed by atoms with Gasteiger partial charge >= 0.3 is 0 Å². The number of benzene rings is 2. The summed E-state index contributed by atoms with van der Waals surface area (Å²) < 4.78 is 10.4. The number of carbonyl (C=O) groups is 2. The van der Waals surface area contributed by atoms with Crippen LogP contribution in [0.15, 0.2) is 48.5 Å². The molecule has 2 aromatic rings. The normalized spacial score (nSPS) is 19.5. The van der Waals surface area contributed by atoms with Crippen LogP contribution in [0.4, 0.5) is 5.69 Å². The maximum atomic E-state index is 13.0. The number of likely N-dealkylation sites (tertiary alicyclic amines) is 1. The van der Waals surface area contributed by atoms with Gasteiger partial charge in [0.1, 0.15) is 11.5 Å². The summed E-state index contributed by atoms with van der Waals surface area (Å²) >= 11 is 0. The second-order valence-electron chi connectivity index (χ2n) is 6.59. The topological polar surface area (TPSA) is 67.9 Å². The average Bonchev–Trinajstić information content (AvgIpc) is 2.70. The van der Waals surface area contributed by atoms with Crippen molar-refractivity contribution in [2.75, 3.05) is 26.6 Å². The molecule has 2 aromatic carbocycles. The Morgan fingerprint density at radius 3 is 2.44 bits per heavy atom. The van der Waals surface area contributed by atoms with E-state index in [4.69, 9.17) is 9.47 Å². The zero-order valence-electron chi connectivity index (χ0n) is 15.8. The lowest BCUT2D eigenvalue weighted by molar-refractivity contribution is -0.140. The van der Waals surface area contributed by atoms with Crippen molar-refractivity contribution in [2.24, 2.45) is 5.92 Å². The number of piperidine rings is 1. The first-order chi connectivity index (χ1) is 13.0. The number of hydrogen-bond donors (Lipinski definition) is 1. The summed E-state index contributed by atoms with van der Waals surface area (Å²) in [5.41, 5.74) is 1.59. The van der Waals surface area contributed by atoms with Crippen LogP contribution in [0.1, 0.15) is 24.4 Å². The molecular weight excluding hydrogens is 344 g/mol. The molecule has 2 atom stereocenters. The van der Waals surface area contributed by atoms with Gasteiger partial charge in [-0.25, -0.2) is 0 Å². The molecule has 0 spiro atoms. The van der Waals surface area contributed by atoms with Crippen molar-refractivity contribution in [3.63, 3.8) is 0 Å². The predicted octanol–water partition coefficient (Wildman–Crippen LogP) is 3.25. The first-order valence-electron chi connectivity index (χ1n) is 8.88. The van der Waals surface area contributed by atoms with E-state index >= 15 is 0 Å². The minimum atomic E-state index is -0.340. The highest BCUT2D eigenvalue weighted by Crippen LogP contribution is 2.37. The predicted molar refractivity (Wildman–Crippen MR) is 103 cm³/mol.